The van der Waals surface area contributed by atoms with Crippen molar-refractivity contribution in [2.45, 2.75) is 6.54 Å². The minimum Gasteiger partial charge on any atom is -0.481 e. The van der Waals surface area contributed by atoms with E-state index in [2.05, 4.69) is 15.3 Å². The maximum absolute atomic E-state index is 10.9. The highest BCUT2D eigenvalue weighted by Gasteiger charge is 2.06. The highest BCUT2D eigenvalue weighted by Crippen LogP contribution is 2.14. The van der Waals surface area contributed by atoms with Crippen LogP contribution in [0, 0.1) is 0 Å². The summed E-state index contributed by atoms with van der Waals surface area (Å²) in [5, 5.41) is 2.54. The lowest BCUT2D eigenvalue weighted by Crippen LogP contribution is -2.24. The Morgan fingerprint density at radius 3 is 2.38 bits per heavy atom. The first-order valence-corrected chi connectivity index (χ1v) is 5.01. The molecule has 0 atom stereocenters. The summed E-state index contributed by atoms with van der Waals surface area (Å²) in [5.41, 5.74) is 0. The molecule has 1 rings (SSSR count). The van der Waals surface area contributed by atoms with E-state index in [1.54, 1.807) is 6.07 Å². The van der Waals surface area contributed by atoms with Crippen LogP contribution in [-0.4, -0.2) is 36.0 Å². The molecule has 0 aliphatic rings. The molecule has 0 radical (unpaired) electrons. The largest absolute Gasteiger partial charge is 0.481 e. The molecule has 6 nitrogen and oxygen atoms in total. The minimum atomic E-state index is -0.285. The number of hydrogen-bond donors (Lipinski definition) is 1. The Balaban J connectivity index is 2.74. The van der Waals surface area contributed by atoms with Gasteiger partial charge in [0.05, 0.1) is 26.8 Å². The van der Waals surface area contributed by atoms with Crippen molar-refractivity contribution >= 4 is 17.5 Å². The highest BCUT2D eigenvalue weighted by molar-refractivity contribution is 6.27. The monoisotopic (exact) mass is 245 g/mol. The van der Waals surface area contributed by atoms with Gasteiger partial charge in [0.25, 0.3) is 0 Å². The van der Waals surface area contributed by atoms with Crippen molar-refractivity contribution in [3.05, 3.63) is 11.9 Å². The van der Waals surface area contributed by atoms with Gasteiger partial charge in [-0.2, -0.15) is 9.97 Å². The number of aromatic nitrogens is 2. The van der Waals surface area contributed by atoms with Gasteiger partial charge in [0.1, 0.15) is 5.88 Å². The highest BCUT2D eigenvalue weighted by atomic mass is 35.5. The van der Waals surface area contributed by atoms with E-state index in [1.807, 2.05) is 0 Å². The van der Waals surface area contributed by atoms with Crippen molar-refractivity contribution in [3.8, 4) is 11.8 Å². The molecule has 0 aliphatic heterocycles. The molecule has 0 unspecified atom stereocenters. The van der Waals surface area contributed by atoms with Gasteiger partial charge in [-0.05, 0) is 0 Å². The molecule has 0 aromatic carbocycles. The van der Waals surface area contributed by atoms with Crippen molar-refractivity contribution in [2.24, 2.45) is 0 Å². The molecule has 1 aromatic heterocycles. The summed E-state index contributed by atoms with van der Waals surface area (Å²) in [6.07, 6.45) is 0. The normalized spacial score (nSPS) is 9.69. The van der Waals surface area contributed by atoms with Crippen LogP contribution in [0.3, 0.4) is 0 Å². The first-order chi connectivity index (χ1) is 7.69. The summed E-state index contributed by atoms with van der Waals surface area (Å²) in [6, 6.07) is 1.55. The molecule has 0 aliphatic carbocycles. The van der Waals surface area contributed by atoms with Gasteiger partial charge in [0, 0.05) is 0 Å². The van der Waals surface area contributed by atoms with Gasteiger partial charge in [0.2, 0.25) is 17.7 Å². The van der Waals surface area contributed by atoms with E-state index in [4.69, 9.17) is 21.1 Å². The Morgan fingerprint density at radius 2 is 1.94 bits per heavy atom. The van der Waals surface area contributed by atoms with Gasteiger partial charge in [-0.15, -0.1) is 11.6 Å². The van der Waals surface area contributed by atoms with E-state index in [0.717, 1.165) is 0 Å². The third kappa shape index (κ3) is 3.54. The second-order valence-corrected chi connectivity index (χ2v) is 3.05. The summed E-state index contributed by atoms with van der Waals surface area (Å²) in [4.78, 5) is 19.0. The number of nitrogens with zero attached hydrogens (tertiary/aromatic N) is 2. The predicted octanol–water partition coefficient (Wildman–Crippen LogP) is 0.349. The van der Waals surface area contributed by atoms with Crippen molar-refractivity contribution in [1.82, 2.24) is 15.3 Å². The average Bonchev–Trinajstić information content (AvgIpc) is 2.35. The maximum Gasteiger partial charge on any atom is 0.235 e. The molecule has 0 bridgehead atoms. The predicted molar refractivity (Wildman–Crippen MR) is 57.7 cm³/mol. The van der Waals surface area contributed by atoms with E-state index >= 15 is 0 Å². The van der Waals surface area contributed by atoms with Crippen molar-refractivity contribution in [3.63, 3.8) is 0 Å². The Labute approximate surface area is 97.9 Å². The number of carbonyl (C=O) groups is 1. The fourth-order valence-corrected chi connectivity index (χ4v) is 1.06. The van der Waals surface area contributed by atoms with Crippen LogP contribution >= 0.6 is 11.6 Å². The molecule has 0 saturated heterocycles. The lowest BCUT2D eigenvalue weighted by atomic mass is 10.5. The fraction of sp³-hybridized carbons (Fsp3) is 0.444. The number of ether oxygens (including phenoxy) is 2. The molecule has 1 aromatic rings. The first-order valence-electron chi connectivity index (χ1n) is 4.48. The zero-order chi connectivity index (χ0) is 12.0. The Bertz CT molecular complexity index is 351. The average molecular weight is 246 g/mol. The minimum absolute atomic E-state index is 0.0961. The summed E-state index contributed by atoms with van der Waals surface area (Å²) in [6.45, 7) is 0.180. The number of methoxy groups -OCH3 is 2. The smallest absolute Gasteiger partial charge is 0.235 e. The molecule has 7 heteroatoms. The van der Waals surface area contributed by atoms with E-state index in [-0.39, 0.29) is 18.3 Å². The van der Waals surface area contributed by atoms with Crippen LogP contribution in [-0.2, 0) is 11.3 Å². The molecule has 0 saturated carbocycles. The van der Waals surface area contributed by atoms with Crippen LogP contribution in [0.2, 0.25) is 0 Å². The fourth-order valence-electron chi connectivity index (χ4n) is 0.963. The second-order valence-electron chi connectivity index (χ2n) is 2.78. The second kappa shape index (κ2) is 6.12. The summed E-state index contributed by atoms with van der Waals surface area (Å²) in [5.74, 6) is 0.770. The quantitative estimate of drug-likeness (QED) is 0.758. The number of amides is 1. The van der Waals surface area contributed by atoms with E-state index in [0.29, 0.717) is 17.6 Å². The van der Waals surface area contributed by atoms with Crippen molar-refractivity contribution < 1.29 is 14.3 Å². The SMILES string of the molecule is COc1cc(OC)nc(CNC(=O)CCl)n1. The van der Waals surface area contributed by atoms with Crippen LogP contribution in [0.25, 0.3) is 0 Å². The molecule has 0 fully saturated rings. The molecule has 1 N–H and O–H groups in total. The zero-order valence-corrected chi connectivity index (χ0v) is 9.74. The van der Waals surface area contributed by atoms with Gasteiger partial charge < -0.3 is 14.8 Å². The van der Waals surface area contributed by atoms with E-state index in [1.165, 1.54) is 14.2 Å². The number of hydrogen-bond acceptors (Lipinski definition) is 5. The standard InChI is InChI=1S/C9H12ClN3O3/c1-15-8-3-9(16-2)13-6(12-8)5-11-7(14)4-10/h3H,4-5H2,1-2H3,(H,11,14). The van der Waals surface area contributed by atoms with Gasteiger partial charge in [-0.25, -0.2) is 0 Å². The third-order valence-electron chi connectivity index (χ3n) is 1.71. The van der Waals surface area contributed by atoms with Crippen molar-refractivity contribution in [2.75, 3.05) is 20.1 Å². The molecular weight excluding hydrogens is 234 g/mol. The third-order valence-corrected chi connectivity index (χ3v) is 1.95. The summed E-state index contributed by atoms with van der Waals surface area (Å²) in [7, 11) is 2.98. The van der Waals surface area contributed by atoms with E-state index in [9.17, 15) is 4.79 Å². The van der Waals surface area contributed by atoms with Gasteiger partial charge in [0.15, 0.2) is 5.82 Å². The van der Waals surface area contributed by atoms with Crippen molar-refractivity contribution in [1.29, 1.82) is 0 Å². The molecule has 1 heterocycles. The summed E-state index contributed by atoms with van der Waals surface area (Å²) >= 11 is 5.33. The van der Waals surface area contributed by atoms with Crippen LogP contribution < -0.4 is 14.8 Å². The van der Waals surface area contributed by atoms with Gasteiger partial charge in [-0.3, -0.25) is 4.79 Å². The molecule has 16 heavy (non-hydrogen) atoms. The first kappa shape index (κ1) is 12.5. The molecule has 0 spiro atoms. The lowest BCUT2D eigenvalue weighted by molar-refractivity contribution is -0.118. The Morgan fingerprint density at radius 1 is 1.38 bits per heavy atom. The molecule has 88 valence electrons. The van der Waals surface area contributed by atoms with Crippen LogP contribution in [0.4, 0.5) is 0 Å². The maximum atomic E-state index is 10.9. The van der Waals surface area contributed by atoms with E-state index < -0.39 is 0 Å². The van der Waals surface area contributed by atoms with Crippen LogP contribution in [0.1, 0.15) is 5.82 Å². The lowest BCUT2D eigenvalue weighted by Gasteiger charge is -2.06. The number of alkyl halides is 1. The van der Waals surface area contributed by atoms with Gasteiger partial charge >= 0.3 is 0 Å². The number of rotatable bonds is 5. The Hall–Kier alpha value is -1.56. The summed E-state index contributed by atoms with van der Waals surface area (Å²) < 4.78 is 9.92. The van der Waals surface area contributed by atoms with Crippen LogP contribution in [0.5, 0.6) is 11.8 Å². The number of halogens is 1. The topological polar surface area (TPSA) is 73.3 Å². The zero-order valence-electron chi connectivity index (χ0n) is 8.99. The van der Waals surface area contributed by atoms with Crippen LogP contribution in [0.15, 0.2) is 6.07 Å². The number of nitrogens with one attached hydrogen (secondary N) is 1. The molecule has 1 amide bonds. The molecular formula is C9H12ClN3O3. The number of carbonyl (C=O) groups excluding carboxylic acids is 1. The Kier molecular flexibility index (Phi) is 4.78. The van der Waals surface area contributed by atoms with Gasteiger partial charge in [-0.1, -0.05) is 0 Å².